The smallest absolute Gasteiger partial charge is 0.391 e. The van der Waals surface area contributed by atoms with E-state index < -0.39 is 12.7 Å². The van der Waals surface area contributed by atoms with Gasteiger partial charge in [0.1, 0.15) is 12.4 Å². The third-order valence-corrected chi connectivity index (χ3v) is 3.32. The number of pyridine rings is 1. The summed E-state index contributed by atoms with van der Waals surface area (Å²) < 4.78 is 36.9. The van der Waals surface area contributed by atoms with Gasteiger partial charge in [-0.1, -0.05) is 0 Å². The molecule has 23 heavy (non-hydrogen) atoms. The van der Waals surface area contributed by atoms with E-state index >= 15 is 0 Å². The number of nitrogens with one attached hydrogen (secondary N) is 3. The van der Waals surface area contributed by atoms with Gasteiger partial charge in [-0.2, -0.15) is 13.2 Å². The summed E-state index contributed by atoms with van der Waals surface area (Å²) in [4.78, 5) is 8.22. The number of anilines is 1. The lowest BCUT2D eigenvalue weighted by Crippen LogP contribution is -2.22. The molecule has 0 aliphatic carbocycles. The minimum Gasteiger partial charge on any atom is -0.391 e. The number of alkyl halides is 3. The normalized spacial score (nSPS) is 13.4. The summed E-state index contributed by atoms with van der Waals surface area (Å²) in [6.45, 7) is 2.57. The second-order valence-corrected chi connectivity index (χ2v) is 4.85. The molecule has 0 saturated heterocycles. The highest BCUT2D eigenvalue weighted by molar-refractivity contribution is 6.13. The Balaban J connectivity index is 3.19. The average molecular weight is 327 g/mol. The van der Waals surface area contributed by atoms with Gasteiger partial charge in [0.15, 0.2) is 0 Å². The third-order valence-electron chi connectivity index (χ3n) is 3.32. The van der Waals surface area contributed by atoms with Crippen LogP contribution in [0.25, 0.3) is 0 Å². The van der Waals surface area contributed by atoms with E-state index in [0.717, 1.165) is 17.5 Å². The first-order valence-electron chi connectivity index (χ1n) is 6.87. The first-order chi connectivity index (χ1) is 10.7. The molecule has 0 aromatic carbocycles. The van der Waals surface area contributed by atoms with E-state index in [1.54, 1.807) is 20.2 Å². The summed E-state index contributed by atoms with van der Waals surface area (Å²) in [6, 6.07) is 1.59. The molecule has 0 aliphatic heterocycles. The molecule has 0 unspecified atom stereocenters. The second-order valence-electron chi connectivity index (χ2n) is 4.85. The highest BCUT2D eigenvalue weighted by atomic mass is 19.4. The van der Waals surface area contributed by atoms with Crippen LogP contribution in [0.3, 0.4) is 0 Å². The molecule has 5 nitrogen and oxygen atoms in total. The Morgan fingerprint density at radius 1 is 1.39 bits per heavy atom. The second kappa shape index (κ2) is 7.75. The van der Waals surface area contributed by atoms with E-state index in [4.69, 9.17) is 5.41 Å². The molecule has 8 heteroatoms. The molecular weight excluding hydrogens is 307 g/mol. The Hall–Kier alpha value is -2.38. The maximum atomic E-state index is 12.3. The van der Waals surface area contributed by atoms with Gasteiger partial charge in [0.05, 0.1) is 5.71 Å². The van der Waals surface area contributed by atoms with Gasteiger partial charge in [0, 0.05) is 43.3 Å². The first kappa shape index (κ1) is 18.7. The standard InChI is InChI=1S/C15H20F3N5/c1-9(10(2)20-3)13(21-4)12-5-11(6-19)14(22-7-12)23-8-15(16,17)18/h5-7,19-20H,8H2,1-4H3,(H,22,23)/b10-9+,19-6?,21-13+. The van der Waals surface area contributed by atoms with Gasteiger partial charge >= 0.3 is 6.18 Å². The molecule has 1 aromatic heterocycles. The molecule has 0 amide bonds. The summed E-state index contributed by atoms with van der Waals surface area (Å²) in [5.41, 5.74) is 3.37. The summed E-state index contributed by atoms with van der Waals surface area (Å²) in [5.74, 6) is 0.0171. The summed E-state index contributed by atoms with van der Waals surface area (Å²) in [6.07, 6.45) is -1.94. The molecule has 0 bridgehead atoms. The van der Waals surface area contributed by atoms with Crippen molar-refractivity contribution in [1.82, 2.24) is 10.3 Å². The zero-order chi connectivity index (χ0) is 17.6. The van der Waals surface area contributed by atoms with Crippen LogP contribution in [-0.4, -0.2) is 43.7 Å². The lowest BCUT2D eigenvalue weighted by Gasteiger charge is -2.14. The SMILES string of the molecule is C/N=C(\C(C)=C(/C)NC)c1cnc(NCC(F)(F)F)c(C=N)c1. The third kappa shape index (κ3) is 5.08. The Labute approximate surface area is 133 Å². The predicted octanol–water partition coefficient (Wildman–Crippen LogP) is 2.99. The van der Waals surface area contributed by atoms with E-state index in [1.807, 2.05) is 13.8 Å². The number of hydrogen-bond acceptors (Lipinski definition) is 5. The van der Waals surface area contributed by atoms with Crippen molar-refractivity contribution in [1.29, 1.82) is 5.41 Å². The molecule has 126 valence electrons. The van der Waals surface area contributed by atoms with Gasteiger partial charge in [-0.15, -0.1) is 0 Å². The van der Waals surface area contributed by atoms with Crippen molar-refractivity contribution >= 4 is 17.7 Å². The van der Waals surface area contributed by atoms with Crippen molar-refractivity contribution in [3.05, 3.63) is 34.7 Å². The van der Waals surface area contributed by atoms with Crippen LogP contribution in [-0.2, 0) is 0 Å². The zero-order valence-corrected chi connectivity index (χ0v) is 13.5. The molecule has 0 fully saturated rings. The van der Waals surface area contributed by atoms with Crippen LogP contribution in [0, 0.1) is 5.41 Å². The van der Waals surface area contributed by atoms with Crippen LogP contribution < -0.4 is 10.6 Å². The Morgan fingerprint density at radius 3 is 2.52 bits per heavy atom. The number of nitrogens with zero attached hydrogens (tertiary/aromatic N) is 2. The number of aromatic nitrogens is 1. The van der Waals surface area contributed by atoms with Crippen LogP contribution in [0.5, 0.6) is 0 Å². The molecule has 0 radical (unpaired) electrons. The van der Waals surface area contributed by atoms with Gasteiger partial charge in [-0.05, 0) is 25.5 Å². The van der Waals surface area contributed by atoms with E-state index in [-0.39, 0.29) is 11.4 Å². The minimum absolute atomic E-state index is 0.0171. The Bertz CT molecular complexity index is 632. The molecular formula is C15H20F3N5. The molecule has 1 aromatic rings. The van der Waals surface area contributed by atoms with Gasteiger partial charge in [-0.25, -0.2) is 4.98 Å². The molecule has 1 heterocycles. The van der Waals surface area contributed by atoms with Crippen LogP contribution in [0.2, 0.25) is 0 Å². The van der Waals surface area contributed by atoms with Crippen molar-refractivity contribution in [2.24, 2.45) is 4.99 Å². The van der Waals surface area contributed by atoms with Crippen LogP contribution >= 0.6 is 0 Å². The maximum absolute atomic E-state index is 12.3. The number of rotatable bonds is 6. The lowest BCUT2D eigenvalue weighted by molar-refractivity contribution is -0.115. The highest BCUT2D eigenvalue weighted by Gasteiger charge is 2.27. The number of hydrogen-bond donors (Lipinski definition) is 3. The number of aliphatic imine (C=N–C) groups is 1. The Kier molecular flexibility index (Phi) is 6.29. The van der Waals surface area contributed by atoms with Crippen molar-refractivity contribution < 1.29 is 13.2 Å². The summed E-state index contributed by atoms with van der Waals surface area (Å²) in [5, 5.41) is 12.6. The van der Waals surface area contributed by atoms with Gasteiger partial charge in [0.25, 0.3) is 0 Å². The van der Waals surface area contributed by atoms with Crippen molar-refractivity contribution in [3.8, 4) is 0 Å². The van der Waals surface area contributed by atoms with E-state index in [9.17, 15) is 13.2 Å². The van der Waals surface area contributed by atoms with Crippen molar-refractivity contribution in [2.75, 3.05) is 26.0 Å². The van der Waals surface area contributed by atoms with E-state index in [0.29, 0.717) is 11.3 Å². The molecule has 0 spiro atoms. The predicted molar refractivity (Wildman–Crippen MR) is 86.6 cm³/mol. The summed E-state index contributed by atoms with van der Waals surface area (Å²) in [7, 11) is 3.42. The quantitative estimate of drug-likeness (QED) is 0.703. The van der Waals surface area contributed by atoms with Crippen LogP contribution in [0.4, 0.5) is 19.0 Å². The maximum Gasteiger partial charge on any atom is 0.405 e. The van der Waals surface area contributed by atoms with Gasteiger partial charge in [-0.3, -0.25) is 4.99 Å². The zero-order valence-electron chi connectivity index (χ0n) is 13.5. The fraction of sp³-hybridized carbons (Fsp3) is 0.400. The molecule has 1 rings (SSSR count). The number of allylic oxidation sites excluding steroid dienone is 2. The molecule has 0 atom stereocenters. The fourth-order valence-electron chi connectivity index (χ4n) is 1.93. The lowest BCUT2D eigenvalue weighted by atomic mass is 10.0. The molecule has 0 aliphatic rings. The highest BCUT2D eigenvalue weighted by Crippen LogP contribution is 2.20. The largest absolute Gasteiger partial charge is 0.405 e. The fourth-order valence-corrected chi connectivity index (χ4v) is 1.93. The first-order valence-corrected chi connectivity index (χ1v) is 6.87. The Morgan fingerprint density at radius 2 is 2.04 bits per heavy atom. The van der Waals surface area contributed by atoms with Gasteiger partial charge in [0.2, 0.25) is 0 Å². The van der Waals surface area contributed by atoms with Crippen molar-refractivity contribution in [2.45, 2.75) is 20.0 Å². The van der Waals surface area contributed by atoms with Crippen molar-refractivity contribution in [3.63, 3.8) is 0 Å². The molecule has 0 saturated carbocycles. The van der Waals surface area contributed by atoms with E-state index in [2.05, 4.69) is 20.6 Å². The average Bonchev–Trinajstić information content (AvgIpc) is 2.52. The van der Waals surface area contributed by atoms with Gasteiger partial charge < -0.3 is 16.0 Å². The minimum atomic E-state index is -4.35. The monoisotopic (exact) mass is 327 g/mol. The van der Waals surface area contributed by atoms with Crippen LogP contribution in [0.1, 0.15) is 25.0 Å². The number of halogens is 3. The molecule has 3 N–H and O–H groups in total. The van der Waals surface area contributed by atoms with Crippen LogP contribution in [0.15, 0.2) is 28.5 Å². The van der Waals surface area contributed by atoms with E-state index in [1.165, 1.54) is 6.20 Å². The topological polar surface area (TPSA) is 73.2 Å². The summed E-state index contributed by atoms with van der Waals surface area (Å²) >= 11 is 0.